The maximum absolute atomic E-state index is 11.9. The molecule has 1 aliphatic rings. The molecular formula is C18H30O4. The van der Waals surface area contributed by atoms with E-state index >= 15 is 0 Å². The number of allylic oxidation sites excluding steroid dienone is 1. The standard InChI is InChI=1S/C18H30O4/c1-13-7-6-8-14(2)16(21-5)9-11-18(4,20)12-10-17(19)22-15(13)3/h8-9,11,13,15-16,20H,6-7,10,12H2,1-5H3/b11-9+,14-8+/t13-,15+,16-,18+/m0/s1. The number of carbonyl (C=O) groups excluding carboxylic acids is 1. The van der Waals surface area contributed by atoms with E-state index in [-0.39, 0.29) is 24.6 Å². The molecule has 1 aliphatic heterocycles. The summed E-state index contributed by atoms with van der Waals surface area (Å²) in [6, 6.07) is 0. The minimum atomic E-state index is -1.05. The van der Waals surface area contributed by atoms with Gasteiger partial charge in [-0.25, -0.2) is 0 Å². The van der Waals surface area contributed by atoms with E-state index in [0.29, 0.717) is 12.3 Å². The van der Waals surface area contributed by atoms with Gasteiger partial charge in [0.1, 0.15) is 6.10 Å². The van der Waals surface area contributed by atoms with E-state index in [1.807, 2.05) is 19.9 Å². The highest BCUT2D eigenvalue weighted by atomic mass is 16.5. The molecule has 0 aromatic rings. The number of cyclic esters (lactones) is 1. The summed E-state index contributed by atoms with van der Waals surface area (Å²) in [5.74, 6) is 0.0492. The summed E-state index contributed by atoms with van der Waals surface area (Å²) >= 11 is 0. The number of hydrogen-bond donors (Lipinski definition) is 1. The van der Waals surface area contributed by atoms with E-state index in [4.69, 9.17) is 9.47 Å². The number of hydrogen-bond acceptors (Lipinski definition) is 4. The van der Waals surface area contributed by atoms with Crippen molar-refractivity contribution in [2.75, 3.05) is 7.11 Å². The Bertz CT molecular complexity index is 423. The largest absolute Gasteiger partial charge is 0.462 e. The van der Waals surface area contributed by atoms with Crippen LogP contribution in [0.25, 0.3) is 0 Å². The van der Waals surface area contributed by atoms with Crippen LogP contribution in [-0.2, 0) is 14.3 Å². The maximum atomic E-state index is 11.9. The third-order valence-electron chi connectivity index (χ3n) is 4.38. The van der Waals surface area contributed by atoms with E-state index in [2.05, 4.69) is 13.0 Å². The molecule has 4 atom stereocenters. The van der Waals surface area contributed by atoms with Gasteiger partial charge in [-0.3, -0.25) is 4.79 Å². The lowest BCUT2D eigenvalue weighted by atomic mass is 9.95. The van der Waals surface area contributed by atoms with Crippen molar-refractivity contribution in [2.24, 2.45) is 5.92 Å². The Morgan fingerprint density at radius 1 is 1.41 bits per heavy atom. The van der Waals surface area contributed by atoms with Crippen molar-refractivity contribution in [1.29, 1.82) is 0 Å². The monoisotopic (exact) mass is 310 g/mol. The van der Waals surface area contributed by atoms with Crippen molar-refractivity contribution in [2.45, 2.75) is 71.2 Å². The van der Waals surface area contributed by atoms with Crippen LogP contribution in [0.5, 0.6) is 0 Å². The minimum Gasteiger partial charge on any atom is -0.462 e. The Labute approximate surface area is 134 Å². The first kappa shape index (κ1) is 18.9. The SMILES string of the molecule is CO[C@H]1/C=C/[C@@](C)(O)CCC(=O)O[C@H](C)[C@@H](C)CC/C=C/1C. The number of ether oxygens (including phenoxy) is 2. The molecule has 0 radical (unpaired) electrons. The molecule has 0 unspecified atom stereocenters. The lowest BCUT2D eigenvalue weighted by molar-refractivity contribution is -0.151. The molecule has 0 amide bonds. The average Bonchev–Trinajstić information content (AvgIpc) is 2.44. The van der Waals surface area contributed by atoms with Crippen molar-refractivity contribution in [3.8, 4) is 0 Å². The molecular weight excluding hydrogens is 280 g/mol. The van der Waals surface area contributed by atoms with E-state index < -0.39 is 5.60 Å². The van der Waals surface area contributed by atoms with Gasteiger partial charge in [-0.05, 0) is 51.5 Å². The van der Waals surface area contributed by atoms with Crippen molar-refractivity contribution in [3.05, 3.63) is 23.8 Å². The molecule has 126 valence electrons. The van der Waals surface area contributed by atoms with Gasteiger partial charge in [-0.2, -0.15) is 0 Å². The number of rotatable bonds is 1. The molecule has 0 saturated heterocycles. The Balaban J connectivity index is 2.93. The van der Waals surface area contributed by atoms with Crippen LogP contribution >= 0.6 is 0 Å². The van der Waals surface area contributed by atoms with E-state index in [1.165, 1.54) is 0 Å². The molecule has 0 saturated carbocycles. The quantitative estimate of drug-likeness (QED) is 0.596. The van der Waals surface area contributed by atoms with Gasteiger partial charge in [0.25, 0.3) is 0 Å². The second-order valence-electron chi connectivity index (χ2n) is 6.57. The van der Waals surface area contributed by atoms with Crippen molar-refractivity contribution in [1.82, 2.24) is 0 Å². The zero-order valence-electron chi connectivity index (χ0n) is 14.5. The van der Waals surface area contributed by atoms with Crippen LogP contribution in [-0.4, -0.2) is 36.0 Å². The molecule has 0 spiro atoms. The van der Waals surface area contributed by atoms with Crippen LogP contribution in [0.2, 0.25) is 0 Å². The van der Waals surface area contributed by atoms with Gasteiger partial charge in [0.15, 0.2) is 0 Å². The first-order valence-corrected chi connectivity index (χ1v) is 8.06. The molecule has 4 nitrogen and oxygen atoms in total. The average molecular weight is 310 g/mol. The fraction of sp³-hybridized carbons (Fsp3) is 0.722. The fourth-order valence-electron chi connectivity index (χ4n) is 2.46. The number of esters is 1. The van der Waals surface area contributed by atoms with Gasteiger partial charge in [0, 0.05) is 13.5 Å². The van der Waals surface area contributed by atoms with Crippen molar-refractivity contribution < 1.29 is 19.4 Å². The molecule has 1 heterocycles. The lowest BCUT2D eigenvalue weighted by Crippen LogP contribution is -2.27. The van der Waals surface area contributed by atoms with E-state index in [9.17, 15) is 9.90 Å². The summed E-state index contributed by atoms with van der Waals surface area (Å²) < 4.78 is 10.9. The first-order chi connectivity index (χ1) is 10.2. The summed E-state index contributed by atoms with van der Waals surface area (Å²) in [7, 11) is 1.66. The predicted octanol–water partition coefficient (Wildman–Crippen LogP) is 3.40. The second-order valence-corrected chi connectivity index (χ2v) is 6.57. The predicted molar refractivity (Wildman–Crippen MR) is 87.5 cm³/mol. The molecule has 0 aromatic heterocycles. The summed E-state index contributed by atoms with van der Waals surface area (Å²) in [6.45, 7) is 7.76. The van der Waals surface area contributed by atoms with Crippen LogP contribution in [0.4, 0.5) is 0 Å². The van der Waals surface area contributed by atoms with Gasteiger partial charge < -0.3 is 14.6 Å². The smallest absolute Gasteiger partial charge is 0.306 e. The Kier molecular flexibility index (Phi) is 7.30. The Hall–Kier alpha value is -1.13. The van der Waals surface area contributed by atoms with Gasteiger partial charge in [-0.1, -0.05) is 25.2 Å². The van der Waals surface area contributed by atoms with Crippen LogP contribution in [0.15, 0.2) is 23.8 Å². The van der Waals surface area contributed by atoms with Gasteiger partial charge in [0.05, 0.1) is 11.7 Å². The number of carbonyl (C=O) groups is 1. The maximum Gasteiger partial charge on any atom is 0.306 e. The molecule has 1 rings (SSSR count). The van der Waals surface area contributed by atoms with Gasteiger partial charge in [0.2, 0.25) is 0 Å². The van der Waals surface area contributed by atoms with Crippen LogP contribution in [0.1, 0.15) is 53.4 Å². The molecule has 0 bridgehead atoms. The van der Waals surface area contributed by atoms with Crippen LogP contribution < -0.4 is 0 Å². The number of aliphatic hydroxyl groups is 1. The summed E-state index contributed by atoms with van der Waals surface area (Å²) in [5.41, 5.74) is 0.0816. The third kappa shape index (κ3) is 6.32. The minimum absolute atomic E-state index is 0.108. The highest BCUT2D eigenvalue weighted by molar-refractivity contribution is 5.69. The highest BCUT2D eigenvalue weighted by Gasteiger charge is 2.22. The van der Waals surface area contributed by atoms with E-state index in [0.717, 1.165) is 18.4 Å². The van der Waals surface area contributed by atoms with Crippen molar-refractivity contribution >= 4 is 5.97 Å². The van der Waals surface area contributed by atoms with Crippen LogP contribution in [0, 0.1) is 5.92 Å². The fourth-order valence-corrected chi connectivity index (χ4v) is 2.46. The topological polar surface area (TPSA) is 55.8 Å². The normalized spacial score (nSPS) is 39.3. The summed E-state index contributed by atoms with van der Waals surface area (Å²) in [4.78, 5) is 11.9. The van der Waals surface area contributed by atoms with Gasteiger partial charge in [-0.15, -0.1) is 0 Å². The molecule has 0 aromatic carbocycles. The van der Waals surface area contributed by atoms with Gasteiger partial charge >= 0.3 is 5.97 Å². The molecule has 22 heavy (non-hydrogen) atoms. The Morgan fingerprint density at radius 3 is 2.73 bits per heavy atom. The molecule has 1 N–H and O–H groups in total. The second kappa shape index (κ2) is 8.49. The molecule has 0 aliphatic carbocycles. The van der Waals surface area contributed by atoms with Crippen LogP contribution in [0.3, 0.4) is 0 Å². The van der Waals surface area contributed by atoms with E-state index in [1.54, 1.807) is 20.1 Å². The van der Waals surface area contributed by atoms with Crippen molar-refractivity contribution in [3.63, 3.8) is 0 Å². The molecule has 4 heteroatoms. The summed E-state index contributed by atoms with van der Waals surface area (Å²) in [6.07, 6.45) is 7.89. The highest BCUT2D eigenvalue weighted by Crippen LogP contribution is 2.21. The number of methoxy groups -OCH3 is 1. The molecule has 0 fully saturated rings. The Morgan fingerprint density at radius 2 is 2.09 bits per heavy atom. The lowest BCUT2D eigenvalue weighted by Gasteiger charge is -2.23. The summed E-state index contributed by atoms with van der Waals surface area (Å²) in [5, 5.41) is 10.3. The third-order valence-corrected chi connectivity index (χ3v) is 4.38. The zero-order valence-corrected chi connectivity index (χ0v) is 14.5. The first-order valence-electron chi connectivity index (χ1n) is 8.06. The zero-order chi connectivity index (χ0) is 16.8.